The van der Waals surface area contributed by atoms with E-state index in [1.165, 1.54) is 11.3 Å². The normalized spacial score (nSPS) is 16.6. The van der Waals surface area contributed by atoms with Crippen LogP contribution in [0.5, 0.6) is 0 Å². The summed E-state index contributed by atoms with van der Waals surface area (Å²) in [7, 11) is 4.16. The van der Waals surface area contributed by atoms with Crippen molar-refractivity contribution in [1.29, 1.82) is 0 Å². The van der Waals surface area contributed by atoms with Crippen molar-refractivity contribution >= 4 is 21.6 Å². The van der Waals surface area contributed by atoms with Crippen LogP contribution in [0.1, 0.15) is 5.56 Å². The molecule has 0 N–H and O–H groups in total. The quantitative estimate of drug-likeness (QED) is 0.795. The number of anilines is 1. The van der Waals surface area contributed by atoms with Crippen LogP contribution < -0.4 is 4.90 Å². The summed E-state index contributed by atoms with van der Waals surface area (Å²) in [6, 6.07) is 2.10. The Morgan fingerprint density at radius 3 is 2.76 bits per heavy atom. The maximum Gasteiger partial charge on any atom is 0.106 e. The first-order valence-corrected chi connectivity index (χ1v) is 6.58. The minimum Gasteiger partial charge on any atom is -0.378 e. The number of nitrogens with zero attached hydrogens (tertiary/aromatic N) is 3. The molecule has 0 atom stereocenters. The van der Waals surface area contributed by atoms with Gasteiger partial charge in [0.05, 0.1) is 25.1 Å². The third kappa shape index (κ3) is 3.40. The molecule has 1 aromatic rings. The summed E-state index contributed by atoms with van der Waals surface area (Å²) in [5.41, 5.74) is 2.53. The van der Waals surface area contributed by atoms with E-state index in [1.54, 1.807) is 0 Å². The summed E-state index contributed by atoms with van der Waals surface area (Å²) >= 11 is 3.44. The van der Waals surface area contributed by atoms with E-state index in [0.717, 1.165) is 37.5 Å². The van der Waals surface area contributed by atoms with Crippen LogP contribution in [0, 0.1) is 0 Å². The SMILES string of the molecule is CN(C)Cc1cc(Br)ncc1N1CCOCC1. The Bertz CT molecular complexity index is 378. The van der Waals surface area contributed by atoms with Crippen molar-refractivity contribution in [2.45, 2.75) is 6.54 Å². The molecular formula is C12H18BrN3O. The van der Waals surface area contributed by atoms with Gasteiger partial charge in [-0.2, -0.15) is 0 Å². The van der Waals surface area contributed by atoms with Crippen LogP contribution in [0.15, 0.2) is 16.9 Å². The lowest BCUT2D eigenvalue weighted by Crippen LogP contribution is -2.37. The largest absolute Gasteiger partial charge is 0.378 e. The molecule has 1 aromatic heterocycles. The molecule has 0 spiro atoms. The lowest BCUT2D eigenvalue weighted by Gasteiger charge is -2.30. The van der Waals surface area contributed by atoms with Gasteiger partial charge in [-0.05, 0) is 41.7 Å². The van der Waals surface area contributed by atoms with Crippen molar-refractivity contribution in [2.75, 3.05) is 45.3 Å². The number of rotatable bonds is 3. The Morgan fingerprint density at radius 1 is 1.41 bits per heavy atom. The first kappa shape index (κ1) is 12.8. The van der Waals surface area contributed by atoms with Crippen LogP contribution in [0.4, 0.5) is 5.69 Å². The predicted octanol–water partition coefficient (Wildman–Crippen LogP) is 1.74. The summed E-state index contributed by atoms with van der Waals surface area (Å²) in [4.78, 5) is 8.86. The maximum atomic E-state index is 5.38. The highest BCUT2D eigenvalue weighted by Crippen LogP contribution is 2.24. The topological polar surface area (TPSA) is 28.6 Å². The van der Waals surface area contributed by atoms with Gasteiger partial charge in [0.1, 0.15) is 4.60 Å². The number of halogens is 1. The van der Waals surface area contributed by atoms with Crippen LogP contribution in [0.2, 0.25) is 0 Å². The van der Waals surface area contributed by atoms with Crippen molar-refractivity contribution in [3.8, 4) is 0 Å². The molecule has 2 heterocycles. The molecule has 0 aliphatic carbocycles. The zero-order chi connectivity index (χ0) is 12.3. The fraction of sp³-hybridized carbons (Fsp3) is 0.583. The standard InChI is InChI=1S/C12H18BrN3O/c1-15(2)9-10-7-12(13)14-8-11(10)16-3-5-17-6-4-16/h7-8H,3-6,9H2,1-2H3. The molecule has 1 saturated heterocycles. The molecule has 1 aliphatic heterocycles. The molecule has 0 saturated carbocycles. The Balaban J connectivity index is 2.24. The number of hydrogen-bond donors (Lipinski definition) is 0. The van der Waals surface area contributed by atoms with Crippen LogP contribution in [-0.4, -0.2) is 50.3 Å². The molecule has 0 amide bonds. The maximum absolute atomic E-state index is 5.38. The summed E-state index contributed by atoms with van der Waals surface area (Å²) in [6.45, 7) is 4.43. The first-order chi connectivity index (χ1) is 8.16. The first-order valence-electron chi connectivity index (χ1n) is 5.78. The number of morpholine rings is 1. The third-order valence-corrected chi connectivity index (χ3v) is 3.20. The molecule has 0 aromatic carbocycles. The van der Waals surface area contributed by atoms with E-state index in [1.807, 2.05) is 6.20 Å². The Labute approximate surface area is 111 Å². The number of aromatic nitrogens is 1. The molecule has 1 fully saturated rings. The molecule has 4 nitrogen and oxygen atoms in total. The molecule has 0 unspecified atom stereocenters. The zero-order valence-electron chi connectivity index (χ0n) is 10.3. The second-order valence-corrected chi connectivity index (χ2v) is 5.29. The smallest absolute Gasteiger partial charge is 0.106 e. The minimum absolute atomic E-state index is 0.803. The summed E-state index contributed by atoms with van der Waals surface area (Å²) < 4.78 is 6.28. The second kappa shape index (κ2) is 5.80. The van der Waals surface area contributed by atoms with Crippen LogP contribution in [0.3, 0.4) is 0 Å². The van der Waals surface area contributed by atoms with Crippen molar-refractivity contribution in [1.82, 2.24) is 9.88 Å². The van der Waals surface area contributed by atoms with Crippen LogP contribution >= 0.6 is 15.9 Å². The third-order valence-electron chi connectivity index (χ3n) is 2.77. The number of pyridine rings is 1. The molecule has 0 radical (unpaired) electrons. The van der Waals surface area contributed by atoms with E-state index < -0.39 is 0 Å². The Hall–Kier alpha value is -0.650. The lowest BCUT2D eigenvalue weighted by atomic mass is 10.2. The summed E-state index contributed by atoms with van der Waals surface area (Å²) in [6.07, 6.45) is 1.95. The van der Waals surface area contributed by atoms with E-state index in [4.69, 9.17) is 4.74 Å². The van der Waals surface area contributed by atoms with E-state index in [0.29, 0.717) is 0 Å². The fourth-order valence-electron chi connectivity index (χ4n) is 2.02. The summed E-state index contributed by atoms with van der Waals surface area (Å²) in [5.74, 6) is 0. The molecule has 17 heavy (non-hydrogen) atoms. The van der Waals surface area contributed by atoms with E-state index in [-0.39, 0.29) is 0 Å². The lowest BCUT2D eigenvalue weighted by molar-refractivity contribution is 0.122. The molecule has 5 heteroatoms. The van der Waals surface area contributed by atoms with E-state index >= 15 is 0 Å². The molecule has 2 rings (SSSR count). The van der Waals surface area contributed by atoms with Gasteiger partial charge in [-0.3, -0.25) is 0 Å². The van der Waals surface area contributed by atoms with Crippen molar-refractivity contribution in [3.63, 3.8) is 0 Å². The second-order valence-electron chi connectivity index (χ2n) is 4.47. The van der Waals surface area contributed by atoms with Gasteiger partial charge < -0.3 is 14.5 Å². The van der Waals surface area contributed by atoms with Crippen LogP contribution in [-0.2, 0) is 11.3 Å². The number of ether oxygens (including phenoxy) is 1. The van der Waals surface area contributed by atoms with Gasteiger partial charge in [0.2, 0.25) is 0 Å². The fourth-order valence-corrected chi connectivity index (χ4v) is 2.40. The van der Waals surface area contributed by atoms with Gasteiger partial charge in [0.15, 0.2) is 0 Å². The average molecular weight is 300 g/mol. The highest BCUT2D eigenvalue weighted by atomic mass is 79.9. The van der Waals surface area contributed by atoms with Gasteiger partial charge in [-0.25, -0.2) is 4.98 Å². The predicted molar refractivity (Wildman–Crippen MR) is 72.4 cm³/mol. The van der Waals surface area contributed by atoms with Crippen molar-refractivity contribution in [2.24, 2.45) is 0 Å². The highest BCUT2D eigenvalue weighted by Gasteiger charge is 2.15. The molecular weight excluding hydrogens is 282 g/mol. The van der Waals surface area contributed by atoms with E-state index in [2.05, 4.69) is 50.9 Å². The molecule has 0 bridgehead atoms. The van der Waals surface area contributed by atoms with Gasteiger partial charge in [0, 0.05) is 19.6 Å². The number of hydrogen-bond acceptors (Lipinski definition) is 4. The van der Waals surface area contributed by atoms with Crippen molar-refractivity contribution in [3.05, 3.63) is 22.4 Å². The van der Waals surface area contributed by atoms with E-state index in [9.17, 15) is 0 Å². The molecule has 94 valence electrons. The zero-order valence-corrected chi connectivity index (χ0v) is 11.9. The minimum atomic E-state index is 0.803. The monoisotopic (exact) mass is 299 g/mol. The van der Waals surface area contributed by atoms with Gasteiger partial charge in [-0.15, -0.1) is 0 Å². The average Bonchev–Trinajstić information content (AvgIpc) is 2.29. The molecule has 1 aliphatic rings. The summed E-state index contributed by atoms with van der Waals surface area (Å²) in [5, 5.41) is 0. The highest BCUT2D eigenvalue weighted by molar-refractivity contribution is 9.10. The van der Waals surface area contributed by atoms with Gasteiger partial charge >= 0.3 is 0 Å². The van der Waals surface area contributed by atoms with Crippen molar-refractivity contribution < 1.29 is 4.74 Å². The Morgan fingerprint density at radius 2 is 2.12 bits per heavy atom. The van der Waals surface area contributed by atoms with Gasteiger partial charge in [-0.1, -0.05) is 0 Å². The van der Waals surface area contributed by atoms with Gasteiger partial charge in [0.25, 0.3) is 0 Å². The Kier molecular flexibility index (Phi) is 4.36. The van der Waals surface area contributed by atoms with Crippen LogP contribution in [0.25, 0.3) is 0 Å².